The summed E-state index contributed by atoms with van der Waals surface area (Å²) < 4.78 is 0. The van der Waals surface area contributed by atoms with Gasteiger partial charge in [-0.3, -0.25) is 0 Å². The van der Waals surface area contributed by atoms with Crippen LogP contribution in [0.3, 0.4) is 0 Å². The summed E-state index contributed by atoms with van der Waals surface area (Å²) in [5.41, 5.74) is 6.09. The number of rotatable bonds is 9. The van der Waals surface area contributed by atoms with Crippen molar-refractivity contribution in [2.75, 3.05) is 26.2 Å². The van der Waals surface area contributed by atoms with E-state index < -0.39 is 0 Å². The predicted molar refractivity (Wildman–Crippen MR) is 76.1 cm³/mol. The summed E-state index contributed by atoms with van der Waals surface area (Å²) in [7, 11) is 0. The van der Waals surface area contributed by atoms with E-state index >= 15 is 0 Å². The molecule has 0 saturated heterocycles. The zero-order valence-electron chi connectivity index (χ0n) is 12.2. The van der Waals surface area contributed by atoms with Gasteiger partial charge in [0.1, 0.15) is 0 Å². The SMILES string of the molecule is CCN(CCCCC(C)(C)CN)CC1CCC1. The van der Waals surface area contributed by atoms with Crippen LogP contribution in [-0.2, 0) is 0 Å². The highest BCUT2D eigenvalue weighted by Crippen LogP contribution is 2.27. The Kier molecular flexibility index (Phi) is 6.50. The Morgan fingerprint density at radius 2 is 1.94 bits per heavy atom. The van der Waals surface area contributed by atoms with Gasteiger partial charge in [0.2, 0.25) is 0 Å². The lowest BCUT2D eigenvalue weighted by atomic mass is 9.85. The minimum atomic E-state index is 0.338. The second kappa shape index (κ2) is 7.38. The van der Waals surface area contributed by atoms with Gasteiger partial charge < -0.3 is 10.6 Å². The van der Waals surface area contributed by atoms with Gasteiger partial charge in [-0.2, -0.15) is 0 Å². The molecule has 2 N–H and O–H groups in total. The summed E-state index contributed by atoms with van der Waals surface area (Å²) in [5.74, 6) is 1.01. The van der Waals surface area contributed by atoms with Crippen molar-refractivity contribution >= 4 is 0 Å². The van der Waals surface area contributed by atoms with E-state index in [0.29, 0.717) is 5.41 Å². The number of unbranched alkanes of at least 4 members (excludes halogenated alkanes) is 1. The van der Waals surface area contributed by atoms with Gasteiger partial charge in [-0.15, -0.1) is 0 Å². The Bertz CT molecular complexity index is 197. The van der Waals surface area contributed by atoms with Crippen molar-refractivity contribution in [2.24, 2.45) is 17.1 Å². The van der Waals surface area contributed by atoms with Gasteiger partial charge in [0.25, 0.3) is 0 Å². The average molecular weight is 240 g/mol. The van der Waals surface area contributed by atoms with Crippen LogP contribution in [0.25, 0.3) is 0 Å². The van der Waals surface area contributed by atoms with Crippen molar-refractivity contribution < 1.29 is 0 Å². The molecule has 2 nitrogen and oxygen atoms in total. The Morgan fingerprint density at radius 3 is 2.41 bits per heavy atom. The lowest BCUT2D eigenvalue weighted by molar-refractivity contribution is 0.179. The largest absolute Gasteiger partial charge is 0.330 e. The van der Waals surface area contributed by atoms with Crippen LogP contribution in [0.1, 0.15) is 59.3 Å². The zero-order chi connectivity index (χ0) is 12.7. The van der Waals surface area contributed by atoms with Gasteiger partial charge in [-0.05, 0) is 56.7 Å². The minimum Gasteiger partial charge on any atom is -0.330 e. The van der Waals surface area contributed by atoms with Crippen LogP contribution in [0.4, 0.5) is 0 Å². The monoisotopic (exact) mass is 240 g/mol. The predicted octanol–water partition coefficient (Wildman–Crippen LogP) is 3.26. The highest BCUT2D eigenvalue weighted by atomic mass is 15.1. The van der Waals surface area contributed by atoms with E-state index in [4.69, 9.17) is 5.73 Å². The van der Waals surface area contributed by atoms with Crippen molar-refractivity contribution in [1.29, 1.82) is 0 Å². The zero-order valence-corrected chi connectivity index (χ0v) is 12.2. The molecule has 0 spiro atoms. The normalized spacial score (nSPS) is 17.5. The summed E-state index contributed by atoms with van der Waals surface area (Å²) in [5, 5.41) is 0. The molecule has 2 heteroatoms. The van der Waals surface area contributed by atoms with Crippen molar-refractivity contribution in [3.63, 3.8) is 0 Å². The smallest absolute Gasteiger partial charge is 0.000954 e. The van der Waals surface area contributed by atoms with Gasteiger partial charge in [-0.1, -0.05) is 33.6 Å². The molecule has 1 saturated carbocycles. The molecule has 1 fully saturated rings. The molecule has 1 rings (SSSR count). The summed E-state index contributed by atoms with van der Waals surface area (Å²) in [6.45, 7) is 11.5. The molecule has 17 heavy (non-hydrogen) atoms. The van der Waals surface area contributed by atoms with Crippen molar-refractivity contribution in [2.45, 2.75) is 59.3 Å². The molecule has 0 aromatic heterocycles. The Hall–Kier alpha value is -0.0800. The van der Waals surface area contributed by atoms with Crippen LogP contribution in [0, 0.1) is 11.3 Å². The molecule has 0 unspecified atom stereocenters. The molecule has 0 bridgehead atoms. The lowest BCUT2D eigenvalue weighted by Crippen LogP contribution is -2.33. The number of nitrogens with zero attached hydrogens (tertiary/aromatic N) is 1. The summed E-state index contributed by atoms with van der Waals surface area (Å²) in [6.07, 6.45) is 8.33. The summed E-state index contributed by atoms with van der Waals surface area (Å²) in [4.78, 5) is 2.64. The summed E-state index contributed by atoms with van der Waals surface area (Å²) in [6, 6.07) is 0. The fourth-order valence-corrected chi connectivity index (χ4v) is 2.46. The third-order valence-electron chi connectivity index (χ3n) is 4.32. The van der Waals surface area contributed by atoms with E-state index in [1.165, 1.54) is 58.2 Å². The van der Waals surface area contributed by atoms with Crippen molar-refractivity contribution in [3.8, 4) is 0 Å². The van der Waals surface area contributed by atoms with E-state index in [1.54, 1.807) is 0 Å². The minimum absolute atomic E-state index is 0.338. The molecular formula is C15H32N2. The van der Waals surface area contributed by atoms with Crippen molar-refractivity contribution in [3.05, 3.63) is 0 Å². The second-order valence-electron chi connectivity index (χ2n) is 6.52. The first-order valence-corrected chi connectivity index (χ1v) is 7.50. The Labute approximate surface area is 108 Å². The molecular weight excluding hydrogens is 208 g/mol. The van der Waals surface area contributed by atoms with Crippen LogP contribution in [-0.4, -0.2) is 31.1 Å². The van der Waals surface area contributed by atoms with E-state index in [-0.39, 0.29) is 0 Å². The third-order valence-corrected chi connectivity index (χ3v) is 4.32. The van der Waals surface area contributed by atoms with E-state index in [9.17, 15) is 0 Å². The van der Waals surface area contributed by atoms with Crippen LogP contribution >= 0.6 is 0 Å². The standard InChI is InChI=1S/C15H32N2/c1-4-17(12-14-8-7-9-14)11-6-5-10-15(2,3)13-16/h14H,4-13,16H2,1-3H3. The number of hydrogen-bond donors (Lipinski definition) is 1. The quantitative estimate of drug-likeness (QED) is 0.627. The van der Waals surface area contributed by atoms with Crippen molar-refractivity contribution in [1.82, 2.24) is 4.90 Å². The highest BCUT2D eigenvalue weighted by molar-refractivity contribution is 4.74. The molecule has 0 atom stereocenters. The molecule has 0 radical (unpaired) electrons. The second-order valence-corrected chi connectivity index (χ2v) is 6.52. The van der Waals surface area contributed by atoms with Gasteiger partial charge in [-0.25, -0.2) is 0 Å². The fourth-order valence-electron chi connectivity index (χ4n) is 2.46. The fraction of sp³-hybridized carbons (Fsp3) is 1.00. The summed E-state index contributed by atoms with van der Waals surface area (Å²) >= 11 is 0. The molecule has 0 aromatic rings. The molecule has 1 aliphatic carbocycles. The first-order chi connectivity index (χ1) is 8.07. The van der Waals surface area contributed by atoms with Gasteiger partial charge in [0.05, 0.1) is 0 Å². The van der Waals surface area contributed by atoms with Gasteiger partial charge >= 0.3 is 0 Å². The maximum Gasteiger partial charge on any atom is 0.000954 e. The first-order valence-electron chi connectivity index (χ1n) is 7.50. The molecule has 102 valence electrons. The molecule has 0 heterocycles. The van der Waals surface area contributed by atoms with E-state index in [0.717, 1.165) is 12.5 Å². The molecule has 1 aliphatic rings. The van der Waals surface area contributed by atoms with Crippen LogP contribution in [0.15, 0.2) is 0 Å². The first kappa shape index (κ1) is 15.0. The van der Waals surface area contributed by atoms with Crippen LogP contribution in [0.5, 0.6) is 0 Å². The molecule has 0 aliphatic heterocycles. The number of nitrogens with two attached hydrogens (primary N) is 1. The van der Waals surface area contributed by atoms with Gasteiger partial charge in [0.15, 0.2) is 0 Å². The Morgan fingerprint density at radius 1 is 1.24 bits per heavy atom. The molecule has 0 amide bonds. The maximum atomic E-state index is 5.76. The highest BCUT2D eigenvalue weighted by Gasteiger charge is 2.20. The average Bonchev–Trinajstić information content (AvgIpc) is 2.26. The van der Waals surface area contributed by atoms with E-state index in [1.807, 2.05) is 0 Å². The van der Waals surface area contributed by atoms with E-state index in [2.05, 4.69) is 25.7 Å². The third kappa shape index (κ3) is 5.87. The van der Waals surface area contributed by atoms with Crippen LogP contribution in [0.2, 0.25) is 0 Å². The lowest BCUT2D eigenvalue weighted by Gasteiger charge is -2.32. The number of hydrogen-bond acceptors (Lipinski definition) is 2. The Balaban J connectivity index is 2.06. The topological polar surface area (TPSA) is 29.3 Å². The van der Waals surface area contributed by atoms with Crippen LogP contribution < -0.4 is 5.73 Å². The molecule has 0 aromatic carbocycles. The maximum absolute atomic E-state index is 5.76. The van der Waals surface area contributed by atoms with Gasteiger partial charge in [0, 0.05) is 6.54 Å².